The zero-order valence-electron chi connectivity index (χ0n) is 14.8. The van der Waals surface area contributed by atoms with Gasteiger partial charge in [-0.3, -0.25) is 14.2 Å². The minimum Gasteiger partial charge on any atom is -0.361 e. The van der Waals surface area contributed by atoms with Crippen LogP contribution >= 0.6 is 0 Å². The van der Waals surface area contributed by atoms with E-state index in [4.69, 9.17) is 4.52 Å². The Kier molecular flexibility index (Phi) is 4.06. The van der Waals surface area contributed by atoms with Gasteiger partial charge in [0.1, 0.15) is 12.3 Å². The maximum Gasteiger partial charge on any atom is 0.261 e. The lowest BCUT2D eigenvalue weighted by molar-refractivity contribution is -0.132. The zero-order chi connectivity index (χ0) is 18.3. The second kappa shape index (κ2) is 6.40. The summed E-state index contributed by atoms with van der Waals surface area (Å²) in [6.07, 6.45) is 3.24. The number of aryl methyl sites for hydroxylation is 2. The Balaban J connectivity index is 1.62. The molecule has 1 atom stereocenters. The molecule has 0 spiro atoms. The number of carbonyl (C=O) groups excluding carboxylic acids is 1. The molecule has 1 saturated heterocycles. The molecular formula is C19H20N4O3. The van der Waals surface area contributed by atoms with Crippen molar-refractivity contribution >= 4 is 16.8 Å². The summed E-state index contributed by atoms with van der Waals surface area (Å²) in [5.41, 5.74) is 2.24. The van der Waals surface area contributed by atoms with Crippen LogP contribution in [0.1, 0.15) is 35.9 Å². The van der Waals surface area contributed by atoms with Gasteiger partial charge in [0.15, 0.2) is 0 Å². The lowest BCUT2D eigenvalue weighted by Crippen LogP contribution is -2.36. The maximum absolute atomic E-state index is 12.9. The summed E-state index contributed by atoms with van der Waals surface area (Å²) in [4.78, 5) is 31.7. The van der Waals surface area contributed by atoms with Crippen LogP contribution in [0.25, 0.3) is 10.9 Å². The van der Waals surface area contributed by atoms with Crippen molar-refractivity contribution in [1.29, 1.82) is 0 Å². The molecule has 1 amide bonds. The van der Waals surface area contributed by atoms with Crippen LogP contribution in [0.15, 0.2) is 39.9 Å². The minimum atomic E-state index is -0.197. The molecule has 1 aromatic carbocycles. The van der Waals surface area contributed by atoms with E-state index < -0.39 is 0 Å². The number of hydrogen-bond acceptors (Lipinski definition) is 5. The molecule has 0 unspecified atom stereocenters. The Bertz CT molecular complexity index is 1020. The Hall–Kier alpha value is -2.96. The highest BCUT2D eigenvalue weighted by molar-refractivity contribution is 5.79. The molecule has 3 heterocycles. The Morgan fingerprint density at radius 3 is 2.88 bits per heavy atom. The molecule has 0 aliphatic carbocycles. The summed E-state index contributed by atoms with van der Waals surface area (Å²) < 4.78 is 6.65. The number of rotatable bonds is 3. The highest BCUT2D eigenvalue weighted by Crippen LogP contribution is 2.35. The van der Waals surface area contributed by atoms with Gasteiger partial charge >= 0.3 is 0 Å². The molecule has 26 heavy (non-hydrogen) atoms. The van der Waals surface area contributed by atoms with E-state index in [1.165, 1.54) is 10.9 Å². The van der Waals surface area contributed by atoms with Crippen LogP contribution in [0.5, 0.6) is 0 Å². The first-order chi connectivity index (χ1) is 12.6. The first kappa shape index (κ1) is 16.5. The van der Waals surface area contributed by atoms with Gasteiger partial charge < -0.3 is 9.42 Å². The SMILES string of the molecule is Cc1noc(C)c1[C@H]1CCCN1C(=O)Cn1cnc2ccccc2c1=O. The molecule has 134 valence electrons. The number of fused-ring (bicyclic) bond motifs is 1. The third-order valence-electron chi connectivity index (χ3n) is 5.03. The molecule has 4 rings (SSSR count). The number of carbonyl (C=O) groups is 1. The van der Waals surface area contributed by atoms with Gasteiger partial charge in [0.25, 0.3) is 5.56 Å². The van der Waals surface area contributed by atoms with Crippen molar-refractivity contribution in [3.63, 3.8) is 0 Å². The fourth-order valence-electron chi connectivity index (χ4n) is 3.79. The molecule has 0 saturated carbocycles. The minimum absolute atomic E-state index is 0.0173. The van der Waals surface area contributed by atoms with Gasteiger partial charge in [0, 0.05) is 12.1 Å². The maximum atomic E-state index is 12.9. The van der Waals surface area contributed by atoms with E-state index in [2.05, 4.69) is 10.1 Å². The highest BCUT2D eigenvalue weighted by atomic mass is 16.5. The van der Waals surface area contributed by atoms with Crippen LogP contribution in [-0.2, 0) is 11.3 Å². The van der Waals surface area contributed by atoms with Crippen molar-refractivity contribution < 1.29 is 9.32 Å². The largest absolute Gasteiger partial charge is 0.361 e. The van der Waals surface area contributed by atoms with Crippen LogP contribution in [0, 0.1) is 13.8 Å². The van der Waals surface area contributed by atoms with E-state index in [0.717, 1.165) is 29.9 Å². The standard InChI is InChI=1S/C19H20N4O3/c1-12-18(13(2)26-21-12)16-8-5-9-23(16)17(24)10-22-11-20-15-7-4-3-6-14(15)19(22)25/h3-4,6-7,11,16H,5,8-10H2,1-2H3/t16-/m1/s1. The fraction of sp³-hybridized carbons (Fsp3) is 0.368. The van der Waals surface area contributed by atoms with Crippen LogP contribution in [0.3, 0.4) is 0 Å². The van der Waals surface area contributed by atoms with Crippen molar-refractivity contribution in [3.05, 3.63) is 58.0 Å². The van der Waals surface area contributed by atoms with Gasteiger partial charge in [-0.1, -0.05) is 17.3 Å². The molecule has 0 radical (unpaired) electrons. The Morgan fingerprint density at radius 2 is 2.12 bits per heavy atom. The van der Waals surface area contributed by atoms with Crippen molar-refractivity contribution in [3.8, 4) is 0 Å². The number of aromatic nitrogens is 3. The van der Waals surface area contributed by atoms with Gasteiger partial charge in [0.2, 0.25) is 5.91 Å². The first-order valence-electron chi connectivity index (χ1n) is 8.72. The average molecular weight is 352 g/mol. The Morgan fingerprint density at radius 1 is 1.31 bits per heavy atom. The second-order valence-electron chi connectivity index (χ2n) is 6.68. The van der Waals surface area contributed by atoms with Crippen LogP contribution in [0.4, 0.5) is 0 Å². The number of likely N-dealkylation sites (tertiary alicyclic amines) is 1. The van der Waals surface area contributed by atoms with E-state index in [1.54, 1.807) is 18.2 Å². The van der Waals surface area contributed by atoms with Crippen molar-refractivity contribution in [1.82, 2.24) is 19.6 Å². The zero-order valence-corrected chi connectivity index (χ0v) is 14.8. The molecule has 7 nitrogen and oxygen atoms in total. The van der Waals surface area contributed by atoms with E-state index in [9.17, 15) is 9.59 Å². The van der Waals surface area contributed by atoms with E-state index in [1.807, 2.05) is 24.8 Å². The van der Waals surface area contributed by atoms with Crippen LogP contribution in [-0.4, -0.2) is 32.1 Å². The summed E-state index contributed by atoms with van der Waals surface area (Å²) in [7, 11) is 0. The molecule has 3 aromatic rings. The quantitative estimate of drug-likeness (QED) is 0.723. The molecule has 0 N–H and O–H groups in total. The molecule has 7 heteroatoms. The lowest BCUT2D eigenvalue weighted by atomic mass is 10.0. The molecule has 1 aliphatic heterocycles. The summed E-state index contributed by atoms with van der Waals surface area (Å²) in [6.45, 7) is 4.42. The van der Waals surface area contributed by atoms with E-state index in [-0.39, 0.29) is 24.1 Å². The Labute approximate surface area is 150 Å². The third-order valence-corrected chi connectivity index (χ3v) is 5.03. The highest BCUT2D eigenvalue weighted by Gasteiger charge is 2.33. The van der Waals surface area contributed by atoms with Crippen molar-refractivity contribution in [2.45, 2.75) is 39.3 Å². The molecule has 0 bridgehead atoms. The van der Waals surface area contributed by atoms with Gasteiger partial charge in [-0.15, -0.1) is 0 Å². The van der Waals surface area contributed by atoms with E-state index in [0.29, 0.717) is 17.4 Å². The van der Waals surface area contributed by atoms with Gasteiger partial charge in [0.05, 0.1) is 29.0 Å². The summed E-state index contributed by atoms with van der Waals surface area (Å²) >= 11 is 0. The number of hydrogen-bond donors (Lipinski definition) is 0. The number of para-hydroxylation sites is 1. The molecule has 1 fully saturated rings. The summed E-state index contributed by atoms with van der Waals surface area (Å²) in [5.74, 6) is 0.656. The van der Waals surface area contributed by atoms with Crippen LogP contribution < -0.4 is 5.56 Å². The van der Waals surface area contributed by atoms with Crippen molar-refractivity contribution in [2.24, 2.45) is 0 Å². The number of benzene rings is 1. The first-order valence-corrected chi connectivity index (χ1v) is 8.72. The topological polar surface area (TPSA) is 81.2 Å². The second-order valence-corrected chi connectivity index (χ2v) is 6.68. The fourth-order valence-corrected chi connectivity index (χ4v) is 3.79. The molecule has 1 aliphatic rings. The van der Waals surface area contributed by atoms with Crippen LogP contribution in [0.2, 0.25) is 0 Å². The van der Waals surface area contributed by atoms with Crippen molar-refractivity contribution in [2.75, 3.05) is 6.54 Å². The van der Waals surface area contributed by atoms with Gasteiger partial charge in [-0.05, 0) is 38.8 Å². The summed E-state index contributed by atoms with van der Waals surface area (Å²) in [5, 5.41) is 4.53. The monoisotopic (exact) mass is 352 g/mol. The van der Waals surface area contributed by atoms with Gasteiger partial charge in [-0.25, -0.2) is 4.98 Å². The smallest absolute Gasteiger partial charge is 0.261 e. The molecular weight excluding hydrogens is 332 g/mol. The predicted molar refractivity (Wildman–Crippen MR) is 95.7 cm³/mol. The summed E-state index contributed by atoms with van der Waals surface area (Å²) in [6, 6.07) is 7.11. The number of amides is 1. The van der Waals surface area contributed by atoms with E-state index >= 15 is 0 Å². The molecule has 2 aromatic heterocycles. The van der Waals surface area contributed by atoms with Gasteiger partial charge in [-0.2, -0.15) is 0 Å². The number of nitrogens with zero attached hydrogens (tertiary/aromatic N) is 4. The predicted octanol–water partition coefficient (Wildman–Crippen LogP) is 2.37. The lowest BCUT2D eigenvalue weighted by Gasteiger charge is -2.25. The third kappa shape index (κ3) is 2.69. The average Bonchev–Trinajstić information content (AvgIpc) is 3.24. The normalized spacial score (nSPS) is 17.2.